The van der Waals surface area contributed by atoms with Gasteiger partial charge < -0.3 is 0 Å². The lowest BCUT2D eigenvalue weighted by Crippen LogP contribution is -2.28. The Hall–Kier alpha value is -0.610. The molecule has 0 fully saturated rings. The number of nitrogens with one attached hydrogen (secondary N) is 1. The molecular formula is C13H16ClNOS. The largest absolute Gasteiger partial charge is 0.296 e. The van der Waals surface area contributed by atoms with Crippen LogP contribution < -0.4 is 5.48 Å². The third-order valence-corrected chi connectivity index (χ3v) is 3.93. The minimum atomic E-state index is -0.191. The van der Waals surface area contributed by atoms with E-state index < -0.39 is 0 Å². The van der Waals surface area contributed by atoms with Crippen LogP contribution >= 0.6 is 22.9 Å². The second kappa shape index (κ2) is 4.94. The number of benzene rings is 1. The SMILES string of the molecule is CC(C)(C)ONCc1sc2ccccc2c1Cl. The standard InChI is InChI=1S/C13H16ClNOS/c1-13(2,3)16-15-8-11-12(14)9-6-4-5-7-10(9)17-11/h4-7,15H,8H2,1-3H3. The molecule has 0 saturated heterocycles. The molecule has 0 radical (unpaired) electrons. The molecule has 1 heterocycles. The number of hydrogen-bond donors (Lipinski definition) is 1. The van der Waals surface area contributed by atoms with Gasteiger partial charge in [0.05, 0.1) is 17.2 Å². The molecular weight excluding hydrogens is 254 g/mol. The molecule has 1 N–H and O–H groups in total. The van der Waals surface area contributed by atoms with Crippen molar-refractivity contribution in [3.05, 3.63) is 34.2 Å². The zero-order chi connectivity index (χ0) is 12.5. The van der Waals surface area contributed by atoms with Crippen LogP contribution in [0.3, 0.4) is 0 Å². The van der Waals surface area contributed by atoms with Crippen LogP contribution in [-0.2, 0) is 11.4 Å². The summed E-state index contributed by atoms with van der Waals surface area (Å²) in [5, 5.41) is 1.95. The molecule has 0 bridgehead atoms. The third-order valence-electron chi connectivity index (χ3n) is 2.21. The van der Waals surface area contributed by atoms with Crippen molar-refractivity contribution in [1.29, 1.82) is 0 Å². The van der Waals surface area contributed by atoms with Crippen LogP contribution in [0.15, 0.2) is 24.3 Å². The van der Waals surface area contributed by atoms with E-state index in [1.165, 1.54) is 4.70 Å². The first-order valence-electron chi connectivity index (χ1n) is 5.54. The van der Waals surface area contributed by atoms with Gasteiger partial charge in [0.25, 0.3) is 0 Å². The first-order chi connectivity index (χ1) is 7.97. The van der Waals surface area contributed by atoms with Gasteiger partial charge in [0.2, 0.25) is 0 Å². The second-order valence-electron chi connectivity index (χ2n) is 4.87. The average molecular weight is 270 g/mol. The van der Waals surface area contributed by atoms with E-state index >= 15 is 0 Å². The molecule has 2 nitrogen and oxygen atoms in total. The van der Waals surface area contributed by atoms with Gasteiger partial charge in [-0.3, -0.25) is 4.84 Å². The quantitative estimate of drug-likeness (QED) is 0.835. The molecule has 0 aliphatic heterocycles. The zero-order valence-electron chi connectivity index (χ0n) is 10.2. The van der Waals surface area contributed by atoms with E-state index in [9.17, 15) is 0 Å². The third kappa shape index (κ3) is 3.19. The number of halogens is 1. The summed E-state index contributed by atoms with van der Waals surface area (Å²) in [7, 11) is 0. The molecule has 0 aliphatic carbocycles. The Morgan fingerprint density at radius 3 is 2.65 bits per heavy atom. The van der Waals surface area contributed by atoms with E-state index in [-0.39, 0.29) is 5.60 Å². The lowest BCUT2D eigenvalue weighted by atomic mass is 10.2. The summed E-state index contributed by atoms with van der Waals surface area (Å²) in [4.78, 5) is 6.59. The van der Waals surface area contributed by atoms with E-state index in [0.717, 1.165) is 15.3 Å². The fourth-order valence-corrected chi connectivity index (χ4v) is 2.92. The minimum Gasteiger partial charge on any atom is -0.296 e. The van der Waals surface area contributed by atoms with Crippen molar-refractivity contribution < 1.29 is 4.84 Å². The Morgan fingerprint density at radius 2 is 2.00 bits per heavy atom. The molecule has 1 aromatic heterocycles. The Bertz CT molecular complexity index is 516. The van der Waals surface area contributed by atoms with Crippen LogP contribution in [0.5, 0.6) is 0 Å². The van der Waals surface area contributed by atoms with E-state index in [0.29, 0.717) is 6.54 Å². The first-order valence-corrected chi connectivity index (χ1v) is 6.73. The van der Waals surface area contributed by atoms with Gasteiger partial charge in [-0.25, -0.2) is 0 Å². The summed E-state index contributed by atoms with van der Waals surface area (Å²) in [6.07, 6.45) is 0. The van der Waals surface area contributed by atoms with Crippen molar-refractivity contribution in [2.24, 2.45) is 0 Å². The van der Waals surface area contributed by atoms with Gasteiger partial charge >= 0.3 is 0 Å². The normalized spacial score (nSPS) is 12.2. The van der Waals surface area contributed by atoms with Crippen molar-refractivity contribution in [1.82, 2.24) is 5.48 Å². The Labute approximate surface area is 110 Å². The minimum absolute atomic E-state index is 0.191. The summed E-state index contributed by atoms with van der Waals surface area (Å²) in [5.41, 5.74) is 2.78. The van der Waals surface area contributed by atoms with E-state index in [2.05, 4.69) is 11.5 Å². The number of hydrogen-bond acceptors (Lipinski definition) is 3. The van der Waals surface area contributed by atoms with Crippen LogP contribution in [-0.4, -0.2) is 5.60 Å². The Kier molecular flexibility index (Phi) is 3.73. The maximum atomic E-state index is 6.32. The zero-order valence-corrected chi connectivity index (χ0v) is 11.8. The molecule has 0 spiro atoms. The van der Waals surface area contributed by atoms with Gasteiger partial charge in [-0.1, -0.05) is 29.8 Å². The molecule has 0 saturated carbocycles. The fourth-order valence-electron chi connectivity index (χ4n) is 1.50. The summed E-state index contributed by atoms with van der Waals surface area (Å²) < 4.78 is 1.21. The number of hydroxylamine groups is 1. The maximum Gasteiger partial charge on any atom is 0.0813 e. The van der Waals surface area contributed by atoms with Crippen molar-refractivity contribution in [3.8, 4) is 0 Å². The Morgan fingerprint density at radius 1 is 1.29 bits per heavy atom. The maximum absolute atomic E-state index is 6.32. The first kappa shape index (κ1) is 12.8. The summed E-state index contributed by atoms with van der Waals surface area (Å²) in [6, 6.07) is 8.16. The van der Waals surface area contributed by atoms with Crippen molar-refractivity contribution in [3.63, 3.8) is 0 Å². The van der Waals surface area contributed by atoms with Gasteiger partial charge in [0.1, 0.15) is 0 Å². The van der Waals surface area contributed by atoms with Crippen LogP contribution in [0, 0.1) is 0 Å². The van der Waals surface area contributed by atoms with Crippen molar-refractivity contribution >= 4 is 33.0 Å². The highest BCUT2D eigenvalue weighted by Crippen LogP contribution is 2.34. The van der Waals surface area contributed by atoms with E-state index in [4.69, 9.17) is 16.4 Å². The smallest absolute Gasteiger partial charge is 0.0813 e. The highest BCUT2D eigenvalue weighted by molar-refractivity contribution is 7.19. The van der Waals surface area contributed by atoms with Crippen LogP contribution in [0.25, 0.3) is 10.1 Å². The number of rotatable bonds is 3. The van der Waals surface area contributed by atoms with Crippen LogP contribution in [0.2, 0.25) is 5.02 Å². The molecule has 0 unspecified atom stereocenters. The van der Waals surface area contributed by atoms with Crippen molar-refractivity contribution in [2.75, 3.05) is 0 Å². The molecule has 2 aromatic rings. The van der Waals surface area contributed by atoms with Crippen LogP contribution in [0.4, 0.5) is 0 Å². The molecule has 0 atom stereocenters. The monoisotopic (exact) mass is 269 g/mol. The van der Waals surface area contributed by atoms with Gasteiger partial charge in [-0.05, 0) is 26.8 Å². The lowest BCUT2D eigenvalue weighted by molar-refractivity contribution is -0.0754. The van der Waals surface area contributed by atoms with Crippen molar-refractivity contribution in [2.45, 2.75) is 32.9 Å². The van der Waals surface area contributed by atoms with Gasteiger partial charge in [0, 0.05) is 15.0 Å². The number of thiophene rings is 1. The molecule has 17 heavy (non-hydrogen) atoms. The molecule has 92 valence electrons. The van der Waals surface area contributed by atoms with Gasteiger partial charge in [-0.15, -0.1) is 11.3 Å². The summed E-state index contributed by atoms with van der Waals surface area (Å²) >= 11 is 8.02. The predicted molar refractivity (Wildman–Crippen MR) is 74.5 cm³/mol. The highest BCUT2D eigenvalue weighted by Gasteiger charge is 2.13. The average Bonchev–Trinajstić information content (AvgIpc) is 2.55. The second-order valence-corrected chi connectivity index (χ2v) is 6.39. The predicted octanol–water partition coefficient (Wildman–Crippen LogP) is 4.37. The van der Waals surface area contributed by atoms with Crippen LogP contribution in [0.1, 0.15) is 25.6 Å². The van der Waals surface area contributed by atoms with Gasteiger partial charge in [-0.2, -0.15) is 5.48 Å². The summed E-state index contributed by atoms with van der Waals surface area (Å²) in [6.45, 7) is 6.65. The van der Waals surface area contributed by atoms with E-state index in [1.54, 1.807) is 11.3 Å². The molecule has 0 aliphatic rings. The molecule has 4 heteroatoms. The summed E-state index contributed by atoms with van der Waals surface area (Å²) in [5.74, 6) is 0. The topological polar surface area (TPSA) is 21.3 Å². The van der Waals surface area contributed by atoms with Gasteiger partial charge in [0.15, 0.2) is 0 Å². The fraction of sp³-hybridized carbons (Fsp3) is 0.385. The Balaban J connectivity index is 2.11. The molecule has 0 amide bonds. The molecule has 2 rings (SSSR count). The number of fused-ring (bicyclic) bond motifs is 1. The van der Waals surface area contributed by atoms with E-state index in [1.807, 2.05) is 39.0 Å². The lowest BCUT2D eigenvalue weighted by Gasteiger charge is -2.19. The highest BCUT2D eigenvalue weighted by atomic mass is 35.5. The molecule has 1 aromatic carbocycles.